The van der Waals surface area contributed by atoms with Crippen LogP contribution in [-0.4, -0.2) is 16.3 Å². The van der Waals surface area contributed by atoms with Crippen LogP contribution in [-0.2, 0) is 0 Å². The highest BCUT2D eigenvalue weighted by Crippen LogP contribution is 2.56. The van der Waals surface area contributed by atoms with Crippen LogP contribution in [0, 0.1) is 17.3 Å². The van der Waals surface area contributed by atoms with Gasteiger partial charge in [0.15, 0.2) is 0 Å². The molecule has 3 aliphatic rings. The van der Waals surface area contributed by atoms with Crippen molar-refractivity contribution in [2.45, 2.75) is 31.8 Å². The molecule has 1 fully saturated rings. The Bertz CT molecular complexity index is 616. The summed E-state index contributed by atoms with van der Waals surface area (Å²) in [6.07, 6.45) is 10.7. The van der Waals surface area contributed by atoms with Gasteiger partial charge in [-0.3, -0.25) is 0 Å². The molecule has 20 heavy (non-hydrogen) atoms. The van der Waals surface area contributed by atoms with Gasteiger partial charge in [0.1, 0.15) is 5.75 Å². The summed E-state index contributed by atoms with van der Waals surface area (Å²) in [5.41, 5.74) is 2.35. The van der Waals surface area contributed by atoms with E-state index in [-0.39, 0.29) is 11.5 Å². The number of rotatable bonds is 0. The number of allylic oxidation sites excluding steroid dienone is 2. The van der Waals surface area contributed by atoms with Crippen LogP contribution in [0.2, 0.25) is 0 Å². The minimum atomic E-state index is -0.209. The van der Waals surface area contributed by atoms with Gasteiger partial charge >= 0.3 is 0 Å². The summed E-state index contributed by atoms with van der Waals surface area (Å²) in [5, 5.41) is 19.9. The van der Waals surface area contributed by atoms with Crippen molar-refractivity contribution in [1.29, 1.82) is 0 Å². The summed E-state index contributed by atoms with van der Waals surface area (Å²) in [6.45, 7) is 2.20. The summed E-state index contributed by atoms with van der Waals surface area (Å²) in [7, 11) is 0. The maximum absolute atomic E-state index is 10.3. The first-order valence-corrected chi connectivity index (χ1v) is 7.48. The monoisotopic (exact) mass is 268 g/mol. The molecule has 0 saturated heterocycles. The largest absolute Gasteiger partial charge is 0.508 e. The number of phenolic OH excluding ortho intramolecular Hbond substituents is 1. The van der Waals surface area contributed by atoms with E-state index in [9.17, 15) is 10.2 Å². The number of fused-ring (bicyclic) bond motifs is 5. The average Bonchev–Trinajstić information content (AvgIpc) is 2.74. The Morgan fingerprint density at radius 3 is 2.90 bits per heavy atom. The maximum Gasteiger partial charge on any atom is 0.116 e. The van der Waals surface area contributed by atoms with Crippen LogP contribution in [0.5, 0.6) is 5.75 Å². The molecule has 0 heterocycles. The lowest BCUT2D eigenvalue weighted by Gasteiger charge is -2.44. The van der Waals surface area contributed by atoms with Crippen LogP contribution in [0.1, 0.15) is 36.8 Å². The fourth-order valence-electron chi connectivity index (χ4n) is 4.53. The summed E-state index contributed by atoms with van der Waals surface area (Å²) in [4.78, 5) is 0. The smallest absolute Gasteiger partial charge is 0.116 e. The molecule has 0 amide bonds. The van der Waals surface area contributed by atoms with Gasteiger partial charge in [0.25, 0.3) is 0 Å². The van der Waals surface area contributed by atoms with E-state index in [2.05, 4.69) is 31.2 Å². The number of aliphatic hydroxyl groups excluding tert-OH is 1. The fraction of sp³-hybridized carbons (Fsp3) is 0.444. The van der Waals surface area contributed by atoms with Gasteiger partial charge in [-0.05, 0) is 47.9 Å². The fourth-order valence-corrected chi connectivity index (χ4v) is 4.53. The van der Waals surface area contributed by atoms with E-state index in [4.69, 9.17) is 0 Å². The lowest BCUT2D eigenvalue weighted by molar-refractivity contribution is 0.0573. The van der Waals surface area contributed by atoms with Crippen LogP contribution in [0.3, 0.4) is 0 Å². The molecule has 0 unspecified atom stereocenters. The molecule has 104 valence electrons. The van der Waals surface area contributed by atoms with E-state index < -0.39 is 0 Å². The Hall–Kier alpha value is -1.54. The van der Waals surface area contributed by atoms with Crippen molar-refractivity contribution >= 4 is 6.08 Å². The predicted octanol–water partition coefficient (Wildman–Crippen LogP) is 3.47. The lowest BCUT2D eigenvalue weighted by Crippen LogP contribution is -2.39. The van der Waals surface area contributed by atoms with Gasteiger partial charge < -0.3 is 10.2 Å². The number of aromatic hydroxyl groups is 1. The van der Waals surface area contributed by atoms with Crippen molar-refractivity contribution in [1.82, 2.24) is 0 Å². The minimum absolute atomic E-state index is 0.0695. The highest BCUT2D eigenvalue weighted by atomic mass is 16.3. The Morgan fingerprint density at radius 1 is 1.20 bits per heavy atom. The Labute approximate surface area is 119 Å². The van der Waals surface area contributed by atoms with Gasteiger partial charge in [0.2, 0.25) is 0 Å². The second-order valence-electron chi connectivity index (χ2n) is 6.70. The van der Waals surface area contributed by atoms with E-state index in [0.29, 0.717) is 23.5 Å². The standard InChI is InChI=1S/C18H20O2/c1-18-9-8-14-13-5-3-12(19)10-11(13)2-4-15(14)16(18)6-7-17(18)20/h2-5,8-10,14-17,19-20H,6-7H2,1H3/t14-,15-,16+,17+,18+/m1/s1. The van der Waals surface area contributed by atoms with Crippen LogP contribution in [0.4, 0.5) is 0 Å². The Balaban J connectivity index is 1.82. The number of aliphatic hydroxyl groups is 1. The first-order chi connectivity index (χ1) is 9.59. The maximum atomic E-state index is 10.3. The number of hydrogen-bond acceptors (Lipinski definition) is 2. The molecule has 1 aromatic carbocycles. The first-order valence-electron chi connectivity index (χ1n) is 7.48. The molecule has 0 radical (unpaired) electrons. The number of benzene rings is 1. The van der Waals surface area contributed by atoms with Gasteiger partial charge in [0.05, 0.1) is 6.10 Å². The van der Waals surface area contributed by atoms with Gasteiger partial charge in [-0.1, -0.05) is 37.3 Å². The van der Waals surface area contributed by atoms with E-state index in [0.717, 1.165) is 18.4 Å². The highest BCUT2D eigenvalue weighted by molar-refractivity contribution is 5.62. The second kappa shape index (κ2) is 3.98. The zero-order chi connectivity index (χ0) is 13.9. The van der Waals surface area contributed by atoms with Crippen LogP contribution < -0.4 is 0 Å². The van der Waals surface area contributed by atoms with Crippen LogP contribution >= 0.6 is 0 Å². The molecule has 0 aromatic heterocycles. The highest BCUT2D eigenvalue weighted by Gasteiger charge is 2.51. The predicted molar refractivity (Wildman–Crippen MR) is 79.3 cm³/mol. The molecule has 5 atom stereocenters. The topological polar surface area (TPSA) is 40.5 Å². The van der Waals surface area contributed by atoms with Crippen molar-refractivity contribution in [3.8, 4) is 5.75 Å². The molecule has 2 nitrogen and oxygen atoms in total. The van der Waals surface area contributed by atoms with Gasteiger partial charge in [-0.25, -0.2) is 0 Å². The van der Waals surface area contributed by atoms with Gasteiger partial charge in [-0.2, -0.15) is 0 Å². The molecule has 1 saturated carbocycles. The third kappa shape index (κ3) is 1.49. The quantitative estimate of drug-likeness (QED) is 0.707. The summed E-state index contributed by atoms with van der Waals surface area (Å²) < 4.78 is 0. The SMILES string of the molecule is C[C@]12C=C[C@@H]3c4ccc(O)cc4C=C[C@H]3[C@@H]1CC[C@@H]2O. The van der Waals surface area contributed by atoms with Crippen LogP contribution in [0.25, 0.3) is 6.08 Å². The molecular weight excluding hydrogens is 248 g/mol. The zero-order valence-corrected chi connectivity index (χ0v) is 11.7. The summed E-state index contributed by atoms with van der Waals surface area (Å²) in [6, 6.07) is 5.66. The van der Waals surface area contributed by atoms with Crippen LogP contribution in [0.15, 0.2) is 36.4 Å². The third-order valence-corrected chi connectivity index (χ3v) is 5.74. The Kier molecular flexibility index (Phi) is 2.43. The molecular formula is C18H20O2. The van der Waals surface area contributed by atoms with Crippen molar-refractivity contribution < 1.29 is 10.2 Å². The first kappa shape index (κ1) is 12.2. The molecule has 0 bridgehead atoms. The molecule has 0 spiro atoms. The van der Waals surface area contributed by atoms with E-state index in [1.54, 1.807) is 6.07 Å². The van der Waals surface area contributed by atoms with Crippen molar-refractivity contribution in [3.63, 3.8) is 0 Å². The van der Waals surface area contributed by atoms with Crippen molar-refractivity contribution in [3.05, 3.63) is 47.6 Å². The zero-order valence-electron chi connectivity index (χ0n) is 11.7. The van der Waals surface area contributed by atoms with Gasteiger partial charge in [0, 0.05) is 11.3 Å². The molecule has 2 N–H and O–H groups in total. The van der Waals surface area contributed by atoms with E-state index in [1.807, 2.05) is 12.1 Å². The Morgan fingerprint density at radius 2 is 2.05 bits per heavy atom. The second-order valence-corrected chi connectivity index (χ2v) is 6.70. The summed E-state index contributed by atoms with van der Waals surface area (Å²) in [5.74, 6) is 1.71. The number of hydrogen-bond donors (Lipinski definition) is 2. The number of phenols is 1. The minimum Gasteiger partial charge on any atom is -0.508 e. The van der Waals surface area contributed by atoms with Gasteiger partial charge in [-0.15, -0.1) is 0 Å². The van der Waals surface area contributed by atoms with Crippen molar-refractivity contribution in [2.75, 3.05) is 0 Å². The third-order valence-electron chi connectivity index (χ3n) is 5.74. The molecule has 1 aromatic rings. The van der Waals surface area contributed by atoms with E-state index >= 15 is 0 Å². The normalized spacial score (nSPS) is 41.1. The average molecular weight is 268 g/mol. The molecule has 2 heteroatoms. The molecule has 4 rings (SSSR count). The lowest BCUT2D eigenvalue weighted by atomic mass is 9.61. The van der Waals surface area contributed by atoms with E-state index in [1.165, 1.54) is 5.56 Å². The molecule has 0 aliphatic heterocycles. The molecule has 3 aliphatic carbocycles. The van der Waals surface area contributed by atoms with Crippen molar-refractivity contribution in [2.24, 2.45) is 17.3 Å². The summed E-state index contributed by atoms with van der Waals surface area (Å²) >= 11 is 0.